The molecule has 0 fully saturated rings. The molecule has 33 heavy (non-hydrogen) atoms. The Bertz CT molecular complexity index is 1240. The van der Waals surface area contributed by atoms with Crippen molar-refractivity contribution in [2.75, 3.05) is 6.61 Å². The van der Waals surface area contributed by atoms with E-state index in [1.165, 1.54) is 18.3 Å². The zero-order valence-electron chi connectivity index (χ0n) is 18.1. The molecule has 0 aliphatic rings. The second-order valence-corrected chi connectivity index (χ2v) is 8.21. The summed E-state index contributed by atoms with van der Waals surface area (Å²) in [5.41, 5.74) is 5.12. The van der Waals surface area contributed by atoms with Gasteiger partial charge < -0.3 is 9.47 Å². The van der Waals surface area contributed by atoms with Gasteiger partial charge in [0.25, 0.3) is 5.91 Å². The van der Waals surface area contributed by atoms with Crippen molar-refractivity contribution in [3.05, 3.63) is 91.8 Å². The molecule has 8 heteroatoms. The third-order valence-electron chi connectivity index (χ3n) is 4.52. The number of hydrazone groups is 1. The molecule has 1 amide bonds. The first-order valence-electron chi connectivity index (χ1n) is 10.1. The smallest absolute Gasteiger partial charge is 0.274 e. The van der Waals surface area contributed by atoms with Crippen molar-refractivity contribution in [3.63, 3.8) is 0 Å². The topological polar surface area (TPSA) is 83.7 Å². The van der Waals surface area contributed by atoms with Gasteiger partial charge in [0.2, 0.25) is 0 Å². The number of carbonyl (C=O) groups excluding carboxylic acids is 1. The maximum Gasteiger partial charge on any atom is 0.274 e. The van der Waals surface area contributed by atoms with Gasteiger partial charge in [-0.05, 0) is 77.9 Å². The largest absolute Gasteiger partial charge is 0.490 e. The average molecular weight is 557 g/mol. The van der Waals surface area contributed by atoms with E-state index in [4.69, 9.17) is 14.7 Å². The summed E-state index contributed by atoms with van der Waals surface area (Å²) >= 11 is 2.16. The highest BCUT2D eigenvalue weighted by Crippen LogP contribution is 2.34. The van der Waals surface area contributed by atoms with Crippen molar-refractivity contribution < 1.29 is 18.7 Å². The summed E-state index contributed by atoms with van der Waals surface area (Å²) in [6, 6.07) is 17.1. The van der Waals surface area contributed by atoms with E-state index >= 15 is 0 Å². The minimum absolute atomic E-state index is 0.135. The lowest BCUT2D eigenvalue weighted by Gasteiger charge is -2.15. The summed E-state index contributed by atoms with van der Waals surface area (Å²) in [4.78, 5) is 12.2. The molecule has 3 aromatic rings. The van der Waals surface area contributed by atoms with Crippen molar-refractivity contribution in [2.24, 2.45) is 5.10 Å². The Kier molecular flexibility index (Phi) is 8.38. The third-order valence-corrected chi connectivity index (χ3v) is 5.32. The van der Waals surface area contributed by atoms with Crippen molar-refractivity contribution in [2.45, 2.75) is 20.5 Å². The maximum absolute atomic E-state index is 14.0. The standard InChI is InChI=1S/C25H21FIN3O3/c1-3-32-23-12-19(11-22(27)24(23)33-15-18-6-4-5-16(2)9-18)14-29-30-25(31)20-8-7-17(13-28)10-21(20)26/h4-12,14H,3,15H2,1-2H3,(H,30,31)/b29-14-. The SMILES string of the molecule is CCOc1cc(/C=N\NC(=O)c2ccc(C#N)cc2F)cc(I)c1OCc1cccc(C)c1. The number of hydrogen-bond donors (Lipinski definition) is 1. The second-order valence-electron chi connectivity index (χ2n) is 7.05. The summed E-state index contributed by atoms with van der Waals surface area (Å²) in [7, 11) is 0. The van der Waals surface area contributed by atoms with Crippen LogP contribution in [-0.2, 0) is 6.61 Å². The highest BCUT2D eigenvalue weighted by atomic mass is 127. The lowest BCUT2D eigenvalue weighted by molar-refractivity contribution is 0.0951. The van der Waals surface area contributed by atoms with E-state index in [1.807, 2.05) is 44.2 Å². The fraction of sp³-hybridized carbons (Fsp3) is 0.160. The van der Waals surface area contributed by atoms with E-state index in [-0.39, 0.29) is 11.1 Å². The number of hydrogen-bond acceptors (Lipinski definition) is 5. The minimum Gasteiger partial charge on any atom is -0.490 e. The molecular weight excluding hydrogens is 536 g/mol. The molecule has 0 saturated carbocycles. The van der Waals surface area contributed by atoms with Crippen LogP contribution in [0.5, 0.6) is 11.5 Å². The van der Waals surface area contributed by atoms with Crippen LogP contribution in [0.2, 0.25) is 0 Å². The van der Waals surface area contributed by atoms with E-state index in [0.29, 0.717) is 30.3 Å². The molecule has 1 N–H and O–H groups in total. The van der Waals surface area contributed by atoms with Gasteiger partial charge in [0.15, 0.2) is 11.5 Å². The number of aryl methyl sites for hydroxylation is 1. The highest BCUT2D eigenvalue weighted by Gasteiger charge is 2.14. The van der Waals surface area contributed by atoms with Gasteiger partial charge in [-0.3, -0.25) is 4.79 Å². The molecule has 0 spiro atoms. The number of nitriles is 1. The van der Waals surface area contributed by atoms with Crippen LogP contribution in [0, 0.1) is 27.6 Å². The summed E-state index contributed by atoms with van der Waals surface area (Å²) in [5, 5.41) is 12.7. The Balaban J connectivity index is 1.73. The molecule has 0 unspecified atom stereocenters. The van der Waals surface area contributed by atoms with Gasteiger partial charge in [-0.1, -0.05) is 29.8 Å². The Morgan fingerprint density at radius 1 is 1.21 bits per heavy atom. The second kappa shape index (κ2) is 11.4. The van der Waals surface area contributed by atoms with E-state index in [1.54, 1.807) is 6.07 Å². The molecule has 0 saturated heterocycles. The first-order valence-corrected chi connectivity index (χ1v) is 11.2. The number of nitrogens with zero attached hydrogens (tertiary/aromatic N) is 2. The van der Waals surface area contributed by atoms with E-state index < -0.39 is 11.7 Å². The summed E-state index contributed by atoms with van der Waals surface area (Å²) < 4.78 is 26.6. The molecule has 3 aromatic carbocycles. The first kappa shape index (κ1) is 24.2. The van der Waals surface area contributed by atoms with Gasteiger partial charge in [-0.15, -0.1) is 0 Å². The van der Waals surface area contributed by atoms with Gasteiger partial charge in [0.05, 0.1) is 33.6 Å². The van der Waals surface area contributed by atoms with Crippen molar-refractivity contribution in [3.8, 4) is 17.6 Å². The van der Waals surface area contributed by atoms with Crippen LogP contribution in [0.25, 0.3) is 0 Å². The number of halogens is 2. The molecule has 168 valence electrons. The van der Waals surface area contributed by atoms with Crippen molar-refractivity contribution >= 4 is 34.7 Å². The molecule has 0 aliphatic heterocycles. The van der Waals surface area contributed by atoms with Crippen LogP contribution in [0.3, 0.4) is 0 Å². The van der Waals surface area contributed by atoms with E-state index in [2.05, 4.69) is 39.2 Å². The third kappa shape index (κ3) is 6.52. The zero-order valence-corrected chi connectivity index (χ0v) is 20.2. The number of carbonyl (C=O) groups is 1. The number of amides is 1. The number of nitrogens with one attached hydrogen (secondary N) is 1. The van der Waals surface area contributed by atoms with Crippen molar-refractivity contribution in [1.29, 1.82) is 5.26 Å². The summed E-state index contributed by atoms with van der Waals surface area (Å²) in [5.74, 6) is -0.320. The van der Waals surface area contributed by atoms with Crippen LogP contribution in [-0.4, -0.2) is 18.7 Å². The van der Waals surface area contributed by atoms with E-state index in [9.17, 15) is 9.18 Å². The van der Waals surface area contributed by atoms with Gasteiger partial charge in [0, 0.05) is 0 Å². The first-order chi connectivity index (χ1) is 15.9. The fourth-order valence-electron chi connectivity index (χ4n) is 3.02. The summed E-state index contributed by atoms with van der Waals surface area (Å²) in [6.45, 7) is 4.76. The molecule has 0 aliphatic carbocycles. The average Bonchev–Trinajstić information content (AvgIpc) is 2.78. The zero-order chi connectivity index (χ0) is 23.8. The van der Waals surface area contributed by atoms with Gasteiger partial charge in [-0.2, -0.15) is 10.4 Å². The number of rotatable bonds is 8. The lowest BCUT2D eigenvalue weighted by Crippen LogP contribution is -2.19. The van der Waals surface area contributed by atoms with Crippen LogP contribution >= 0.6 is 22.6 Å². The molecule has 0 aromatic heterocycles. The van der Waals surface area contributed by atoms with Crippen LogP contribution in [0.4, 0.5) is 4.39 Å². The molecule has 0 bridgehead atoms. The van der Waals surface area contributed by atoms with E-state index in [0.717, 1.165) is 20.8 Å². The fourth-order valence-corrected chi connectivity index (χ4v) is 3.80. The highest BCUT2D eigenvalue weighted by molar-refractivity contribution is 14.1. The monoisotopic (exact) mass is 557 g/mol. The molecule has 0 heterocycles. The number of benzene rings is 3. The lowest BCUT2D eigenvalue weighted by atomic mass is 10.1. The molecule has 6 nitrogen and oxygen atoms in total. The van der Waals surface area contributed by atoms with Crippen LogP contribution < -0.4 is 14.9 Å². The van der Waals surface area contributed by atoms with Crippen LogP contribution in [0.1, 0.15) is 39.5 Å². The van der Waals surface area contributed by atoms with Gasteiger partial charge in [-0.25, -0.2) is 9.82 Å². The minimum atomic E-state index is -0.787. The van der Waals surface area contributed by atoms with Crippen LogP contribution in [0.15, 0.2) is 59.7 Å². The van der Waals surface area contributed by atoms with Gasteiger partial charge >= 0.3 is 0 Å². The predicted octanol–water partition coefficient (Wildman–Crippen LogP) is 5.35. The quantitative estimate of drug-likeness (QED) is 0.230. The Morgan fingerprint density at radius 2 is 2.03 bits per heavy atom. The van der Waals surface area contributed by atoms with Crippen molar-refractivity contribution in [1.82, 2.24) is 5.43 Å². The molecule has 3 rings (SSSR count). The van der Waals surface area contributed by atoms with Gasteiger partial charge in [0.1, 0.15) is 12.4 Å². The molecular formula is C25H21FIN3O3. The predicted molar refractivity (Wildman–Crippen MR) is 132 cm³/mol. The Hall–Kier alpha value is -3.45. The maximum atomic E-state index is 14.0. The summed E-state index contributed by atoms with van der Waals surface area (Å²) in [6.07, 6.45) is 1.44. The molecule has 0 radical (unpaired) electrons. The number of ether oxygens (including phenoxy) is 2. The molecule has 0 atom stereocenters. The Labute approximate surface area is 205 Å². The normalized spacial score (nSPS) is 10.6. The Morgan fingerprint density at radius 3 is 2.73 bits per heavy atom.